The number of likely N-dealkylation sites (N-methyl/N-ethyl adjacent to an activating group) is 1. The zero-order valence-corrected chi connectivity index (χ0v) is 11.2. The lowest BCUT2D eigenvalue weighted by Gasteiger charge is -2.28. The maximum Gasteiger partial charge on any atom is 0.123 e. The Bertz CT molecular complexity index is 365. The van der Waals surface area contributed by atoms with Gasteiger partial charge in [0.25, 0.3) is 0 Å². The van der Waals surface area contributed by atoms with Crippen LogP contribution in [-0.2, 0) is 11.3 Å². The van der Waals surface area contributed by atoms with Crippen LogP contribution in [0.2, 0.25) is 0 Å². The molecule has 0 spiro atoms. The quantitative estimate of drug-likeness (QED) is 0.849. The molecule has 4 nitrogen and oxygen atoms in total. The van der Waals surface area contributed by atoms with E-state index >= 15 is 0 Å². The van der Waals surface area contributed by atoms with Crippen LogP contribution in [0.5, 0.6) is 5.75 Å². The Morgan fingerprint density at radius 1 is 1.44 bits per heavy atom. The van der Waals surface area contributed by atoms with Crippen LogP contribution in [0.1, 0.15) is 5.56 Å². The van der Waals surface area contributed by atoms with Crippen molar-refractivity contribution in [3.05, 3.63) is 29.8 Å². The Morgan fingerprint density at radius 3 is 3.00 bits per heavy atom. The Kier molecular flexibility index (Phi) is 4.99. The van der Waals surface area contributed by atoms with E-state index in [9.17, 15) is 0 Å². The third kappa shape index (κ3) is 3.70. The van der Waals surface area contributed by atoms with Crippen LogP contribution in [0.4, 0.5) is 0 Å². The van der Waals surface area contributed by atoms with E-state index in [4.69, 9.17) is 9.47 Å². The maximum atomic E-state index is 5.71. The molecule has 0 radical (unpaired) electrons. The number of nitrogens with one attached hydrogen (secondary N) is 1. The van der Waals surface area contributed by atoms with Crippen LogP contribution >= 0.6 is 0 Å². The molecule has 1 saturated heterocycles. The highest BCUT2D eigenvalue weighted by molar-refractivity contribution is 5.32. The van der Waals surface area contributed by atoms with Crippen molar-refractivity contribution in [3.63, 3.8) is 0 Å². The molecule has 0 aromatic heterocycles. The lowest BCUT2D eigenvalue weighted by molar-refractivity contribution is 0.00875. The molecule has 1 fully saturated rings. The van der Waals surface area contributed by atoms with Gasteiger partial charge in [0.15, 0.2) is 0 Å². The van der Waals surface area contributed by atoms with Crippen LogP contribution in [0.15, 0.2) is 24.3 Å². The van der Waals surface area contributed by atoms with E-state index in [0.717, 1.165) is 38.5 Å². The first-order valence-corrected chi connectivity index (χ1v) is 6.42. The van der Waals surface area contributed by atoms with Crippen molar-refractivity contribution in [1.82, 2.24) is 10.2 Å². The molecular formula is C14H22N2O2. The minimum Gasteiger partial charge on any atom is -0.496 e. The van der Waals surface area contributed by atoms with Gasteiger partial charge in [0.05, 0.1) is 19.8 Å². The number of ether oxygens (including phenoxy) is 2. The Morgan fingerprint density at radius 2 is 2.28 bits per heavy atom. The van der Waals surface area contributed by atoms with E-state index in [-0.39, 0.29) is 0 Å². The van der Waals surface area contributed by atoms with Crippen molar-refractivity contribution >= 4 is 0 Å². The molecule has 1 aliphatic heterocycles. The molecule has 1 aromatic rings. The highest BCUT2D eigenvalue weighted by atomic mass is 16.5. The fraction of sp³-hybridized carbons (Fsp3) is 0.571. The summed E-state index contributed by atoms with van der Waals surface area (Å²) in [4.78, 5) is 2.27. The van der Waals surface area contributed by atoms with Gasteiger partial charge >= 0.3 is 0 Å². The summed E-state index contributed by atoms with van der Waals surface area (Å²) in [5.74, 6) is 0.951. The molecule has 1 heterocycles. The monoisotopic (exact) mass is 250 g/mol. The van der Waals surface area contributed by atoms with Crippen LogP contribution < -0.4 is 10.1 Å². The lowest BCUT2D eigenvalue weighted by Crippen LogP contribution is -2.44. The fourth-order valence-corrected chi connectivity index (χ4v) is 2.27. The third-order valence-corrected chi connectivity index (χ3v) is 3.15. The second kappa shape index (κ2) is 6.73. The number of morpholine rings is 1. The molecule has 1 unspecified atom stereocenters. The molecule has 100 valence electrons. The zero-order chi connectivity index (χ0) is 12.8. The van der Waals surface area contributed by atoms with Crippen molar-refractivity contribution in [3.8, 4) is 5.75 Å². The highest BCUT2D eigenvalue weighted by Crippen LogP contribution is 2.18. The zero-order valence-electron chi connectivity index (χ0n) is 11.2. The summed E-state index contributed by atoms with van der Waals surface area (Å²) < 4.78 is 11.1. The normalized spacial score (nSPS) is 20.1. The van der Waals surface area contributed by atoms with Crippen molar-refractivity contribution in [2.24, 2.45) is 0 Å². The number of para-hydroxylation sites is 1. The summed E-state index contributed by atoms with van der Waals surface area (Å²) in [6.07, 6.45) is 0.290. The van der Waals surface area contributed by atoms with Gasteiger partial charge in [0.1, 0.15) is 5.75 Å². The van der Waals surface area contributed by atoms with Crippen LogP contribution in [0.3, 0.4) is 0 Å². The smallest absolute Gasteiger partial charge is 0.123 e. The summed E-state index contributed by atoms with van der Waals surface area (Å²) in [5.41, 5.74) is 1.21. The molecule has 0 saturated carbocycles. The van der Waals surface area contributed by atoms with Crippen molar-refractivity contribution < 1.29 is 9.47 Å². The van der Waals surface area contributed by atoms with E-state index in [1.165, 1.54) is 5.56 Å². The SMILES string of the molecule is COc1ccccc1CN(C)CC1CNCCO1. The molecular weight excluding hydrogens is 228 g/mol. The highest BCUT2D eigenvalue weighted by Gasteiger charge is 2.16. The van der Waals surface area contributed by atoms with Crippen molar-refractivity contribution in [2.45, 2.75) is 12.6 Å². The molecule has 2 rings (SSSR count). The molecule has 0 aliphatic carbocycles. The third-order valence-electron chi connectivity index (χ3n) is 3.15. The summed E-state index contributed by atoms with van der Waals surface area (Å²) in [5, 5.41) is 3.35. The first-order chi connectivity index (χ1) is 8.79. The molecule has 1 N–H and O–H groups in total. The predicted molar refractivity (Wildman–Crippen MR) is 71.9 cm³/mol. The lowest BCUT2D eigenvalue weighted by atomic mass is 10.2. The van der Waals surface area contributed by atoms with Crippen LogP contribution in [0.25, 0.3) is 0 Å². The second-order valence-corrected chi connectivity index (χ2v) is 4.71. The molecule has 1 aromatic carbocycles. The Hall–Kier alpha value is -1.10. The molecule has 1 atom stereocenters. The summed E-state index contributed by atoms with van der Waals surface area (Å²) >= 11 is 0. The number of benzene rings is 1. The molecule has 4 heteroatoms. The molecule has 1 aliphatic rings. The van der Waals surface area contributed by atoms with Crippen LogP contribution in [0, 0.1) is 0 Å². The van der Waals surface area contributed by atoms with Gasteiger partial charge in [0.2, 0.25) is 0 Å². The number of hydrogen-bond acceptors (Lipinski definition) is 4. The Labute approximate surface area is 109 Å². The van der Waals surface area contributed by atoms with Crippen molar-refractivity contribution in [2.75, 3.05) is 40.4 Å². The van der Waals surface area contributed by atoms with Gasteiger partial charge in [-0.25, -0.2) is 0 Å². The van der Waals surface area contributed by atoms with E-state index in [0.29, 0.717) is 6.10 Å². The topological polar surface area (TPSA) is 33.7 Å². The van der Waals surface area contributed by atoms with Gasteiger partial charge in [-0.3, -0.25) is 4.90 Å². The first-order valence-electron chi connectivity index (χ1n) is 6.42. The molecule has 18 heavy (non-hydrogen) atoms. The van der Waals surface area contributed by atoms with Gasteiger partial charge in [-0.1, -0.05) is 18.2 Å². The summed E-state index contributed by atoms with van der Waals surface area (Å²) in [6, 6.07) is 8.15. The number of nitrogens with zero attached hydrogens (tertiary/aromatic N) is 1. The molecule has 0 bridgehead atoms. The average molecular weight is 250 g/mol. The summed E-state index contributed by atoms with van der Waals surface area (Å²) in [6.45, 7) is 4.53. The summed E-state index contributed by atoms with van der Waals surface area (Å²) in [7, 11) is 3.83. The van der Waals surface area contributed by atoms with Gasteiger partial charge in [-0.05, 0) is 13.1 Å². The number of methoxy groups -OCH3 is 1. The van der Waals surface area contributed by atoms with Gasteiger partial charge in [-0.15, -0.1) is 0 Å². The largest absolute Gasteiger partial charge is 0.496 e. The second-order valence-electron chi connectivity index (χ2n) is 4.71. The first kappa shape index (κ1) is 13.3. The van der Waals surface area contributed by atoms with E-state index in [2.05, 4.69) is 23.3 Å². The van der Waals surface area contributed by atoms with Crippen molar-refractivity contribution in [1.29, 1.82) is 0 Å². The minimum absolute atomic E-state index is 0.290. The van der Waals surface area contributed by atoms with Gasteiger partial charge in [-0.2, -0.15) is 0 Å². The predicted octanol–water partition coefficient (Wildman–Crippen LogP) is 1.12. The number of rotatable bonds is 5. The fourth-order valence-electron chi connectivity index (χ4n) is 2.27. The van der Waals surface area contributed by atoms with E-state index in [1.54, 1.807) is 7.11 Å². The van der Waals surface area contributed by atoms with Gasteiger partial charge in [0, 0.05) is 31.7 Å². The van der Waals surface area contributed by atoms with E-state index in [1.807, 2.05) is 18.2 Å². The Balaban J connectivity index is 1.87. The average Bonchev–Trinajstić information content (AvgIpc) is 2.40. The minimum atomic E-state index is 0.290. The number of hydrogen-bond donors (Lipinski definition) is 1. The maximum absolute atomic E-state index is 5.71. The molecule has 0 amide bonds. The van der Waals surface area contributed by atoms with E-state index < -0.39 is 0 Å². The van der Waals surface area contributed by atoms with Gasteiger partial charge < -0.3 is 14.8 Å². The van der Waals surface area contributed by atoms with Crippen LogP contribution in [-0.4, -0.2) is 51.4 Å². The standard InChI is InChI=1S/C14H22N2O2/c1-16(11-13-9-15-7-8-18-13)10-12-5-3-4-6-14(12)17-2/h3-6,13,15H,7-11H2,1-2H3.